The Morgan fingerprint density at radius 3 is 1.90 bits per heavy atom. The summed E-state index contributed by atoms with van der Waals surface area (Å²) >= 11 is 0. The molecule has 3 aromatic carbocycles. The fraction of sp³-hybridized carbons (Fsp3) is 0.321. The van der Waals surface area contributed by atoms with Crippen LogP contribution in [0.2, 0.25) is 0 Å². The van der Waals surface area contributed by atoms with Gasteiger partial charge in [-0.05, 0) is 42.8 Å². The first-order valence-corrected chi connectivity index (χ1v) is 11.2. The summed E-state index contributed by atoms with van der Waals surface area (Å²) in [6.45, 7) is 6.39. The summed E-state index contributed by atoms with van der Waals surface area (Å²) in [6, 6.07) is 25.2. The van der Waals surface area contributed by atoms with Gasteiger partial charge in [0.05, 0.1) is 11.0 Å². The van der Waals surface area contributed by atoms with Crippen LogP contribution in [0.25, 0.3) is 27.5 Å². The standard InChI is InChI=1S/C28H31NO/c1-4-5-6-11-20-28(2,3)27(30)21-16-18-22(19-17-21)29-25-14-9-7-12-23(25)24-13-8-10-15-26(24)29/h7-10,12-19H,4-6,11,20H2,1-3H3. The molecule has 0 amide bonds. The molecule has 0 atom stereocenters. The Hall–Kier alpha value is -2.87. The van der Waals surface area contributed by atoms with E-state index in [4.69, 9.17) is 0 Å². The number of unbranched alkanes of at least 4 members (excludes halogenated alkanes) is 3. The number of Topliss-reactive ketones (excluding diaryl/α,β-unsaturated/α-hetero) is 1. The third kappa shape index (κ3) is 3.79. The van der Waals surface area contributed by atoms with E-state index < -0.39 is 0 Å². The van der Waals surface area contributed by atoms with Crippen LogP contribution in [0.5, 0.6) is 0 Å². The first-order chi connectivity index (χ1) is 14.5. The quantitative estimate of drug-likeness (QED) is 0.218. The number of rotatable bonds is 8. The van der Waals surface area contributed by atoms with Crippen LogP contribution < -0.4 is 0 Å². The molecule has 2 heteroatoms. The molecule has 1 aromatic heterocycles. The molecule has 1 heterocycles. The van der Waals surface area contributed by atoms with Crippen molar-refractivity contribution in [2.45, 2.75) is 52.9 Å². The Bertz CT molecular complexity index is 1110. The zero-order chi connectivity index (χ0) is 21.1. The van der Waals surface area contributed by atoms with Crippen molar-refractivity contribution in [3.63, 3.8) is 0 Å². The van der Waals surface area contributed by atoms with Crippen LogP contribution in [0.3, 0.4) is 0 Å². The van der Waals surface area contributed by atoms with Crippen LogP contribution in [-0.4, -0.2) is 10.4 Å². The highest BCUT2D eigenvalue weighted by molar-refractivity contribution is 6.09. The van der Waals surface area contributed by atoms with Crippen LogP contribution in [0.4, 0.5) is 0 Å². The average Bonchev–Trinajstić information content (AvgIpc) is 3.11. The summed E-state index contributed by atoms with van der Waals surface area (Å²) in [5, 5.41) is 2.50. The molecule has 4 rings (SSSR count). The topological polar surface area (TPSA) is 22.0 Å². The molecule has 0 N–H and O–H groups in total. The van der Waals surface area contributed by atoms with Gasteiger partial charge in [0, 0.05) is 27.4 Å². The first-order valence-electron chi connectivity index (χ1n) is 11.2. The molecule has 154 valence electrons. The second-order valence-electron chi connectivity index (χ2n) is 8.94. The highest BCUT2D eigenvalue weighted by Gasteiger charge is 2.28. The number of carbonyl (C=O) groups is 1. The minimum absolute atomic E-state index is 0.243. The number of carbonyl (C=O) groups excluding carboxylic acids is 1. The summed E-state index contributed by atoms with van der Waals surface area (Å²) < 4.78 is 2.29. The molecule has 0 bridgehead atoms. The number of ketones is 1. The van der Waals surface area contributed by atoms with Crippen molar-refractivity contribution in [2.75, 3.05) is 0 Å². The lowest BCUT2D eigenvalue weighted by molar-refractivity contribution is 0.0822. The summed E-state index contributed by atoms with van der Waals surface area (Å²) in [4.78, 5) is 13.1. The summed E-state index contributed by atoms with van der Waals surface area (Å²) in [7, 11) is 0. The summed E-state index contributed by atoms with van der Waals surface area (Å²) in [6.07, 6.45) is 5.74. The van der Waals surface area contributed by atoms with Crippen LogP contribution in [0.15, 0.2) is 72.8 Å². The third-order valence-corrected chi connectivity index (χ3v) is 6.24. The van der Waals surface area contributed by atoms with Gasteiger partial charge in [-0.25, -0.2) is 0 Å². The molecular weight excluding hydrogens is 366 g/mol. The van der Waals surface area contributed by atoms with Crippen molar-refractivity contribution >= 4 is 27.6 Å². The molecular formula is C28H31NO. The van der Waals surface area contributed by atoms with Crippen molar-refractivity contribution in [1.82, 2.24) is 4.57 Å². The maximum atomic E-state index is 13.1. The number of benzene rings is 3. The largest absolute Gasteiger partial charge is 0.309 e. The number of hydrogen-bond donors (Lipinski definition) is 0. The molecule has 0 spiro atoms. The van der Waals surface area contributed by atoms with Gasteiger partial charge < -0.3 is 4.57 Å². The van der Waals surface area contributed by atoms with Crippen molar-refractivity contribution < 1.29 is 4.79 Å². The minimum atomic E-state index is -0.317. The highest BCUT2D eigenvalue weighted by Crippen LogP contribution is 2.33. The van der Waals surface area contributed by atoms with Crippen molar-refractivity contribution in [3.05, 3.63) is 78.4 Å². The third-order valence-electron chi connectivity index (χ3n) is 6.24. The predicted octanol–water partition coefficient (Wildman–Crippen LogP) is 7.96. The van der Waals surface area contributed by atoms with Gasteiger partial charge in [0.25, 0.3) is 0 Å². The van der Waals surface area contributed by atoms with E-state index in [0.29, 0.717) is 0 Å². The zero-order valence-electron chi connectivity index (χ0n) is 18.3. The van der Waals surface area contributed by atoms with Crippen molar-refractivity contribution in [1.29, 1.82) is 0 Å². The molecule has 0 saturated heterocycles. The Morgan fingerprint density at radius 2 is 1.33 bits per heavy atom. The van der Waals surface area contributed by atoms with Crippen LogP contribution in [0.1, 0.15) is 63.2 Å². The van der Waals surface area contributed by atoms with E-state index in [2.05, 4.69) is 86.0 Å². The van der Waals surface area contributed by atoms with Gasteiger partial charge in [-0.15, -0.1) is 0 Å². The number of nitrogens with zero attached hydrogens (tertiary/aromatic N) is 1. The lowest BCUT2D eigenvalue weighted by Crippen LogP contribution is -2.24. The maximum Gasteiger partial charge on any atom is 0.168 e. The van der Waals surface area contributed by atoms with E-state index in [1.54, 1.807) is 0 Å². The monoisotopic (exact) mass is 397 g/mol. The Morgan fingerprint density at radius 1 is 0.767 bits per heavy atom. The van der Waals surface area contributed by atoms with E-state index in [1.807, 2.05) is 12.1 Å². The van der Waals surface area contributed by atoms with E-state index in [-0.39, 0.29) is 11.2 Å². The highest BCUT2D eigenvalue weighted by atomic mass is 16.1. The maximum absolute atomic E-state index is 13.1. The minimum Gasteiger partial charge on any atom is -0.309 e. The molecule has 0 fully saturated rings. The van der Waals surface area contributed by atoms with E-state index >= 15 is 0 Å². The smallest absolute Gasteiger partial charge is 0.168 e. The molecule has 30 heavy (non-hydrogen) atoms. The van der Waals surface area contributed by atoms with Gasteiger partial charge in [0.2, 0.25) is 0 Å². The number of hydrogen-bond acceptors (Lipinski definition) is 1. The molecule has 0 aliphatic rings. The van der Waals surface area contributed by atoms with Gasteiger partial charge in [0.1, 0.15) is 0 Å². The van der Waals surface area contributed by atoms with E-state index in [1.165, 1.54) is 41.1 Å². The fourth-order valence-electron chi connectivity index (χ4n) is 4.46. The average molecular weight is 398 g/mol. The molecule has 0 aliphatic heterocycles. The van der Waals surface area contributed by atoms with Gasteiger partial charge in [-0.2, -0.15) is 0 Å². The molecule has 0 saturated carbocycles. The van der Waals surface area contributed by atoms with Crippen LogP contribution in [-0.2, 0) is 0 Å². The zero-order valence-corrected chi connectivity index (χ0v) is 18.3. The molecule has 0 radical (unpaired) electrons. The van der Waals surface area contributed by atoms with E-state index in [9.17, 15) is 4.79 Å². The number of para-hydroxylation sites is 2. The van der Waals surface area contributed by atoms with Crippen molar-refractivity contribution in [3.8, 4) is 5.69 Å². The molecule has 0 aliphatic carbocycles. The Labute approximate surface area is 179 Å². The predicted molar refractivity (Wildman–Crippen MR) is 128 cm³/mol. The van der Waals surface area contributed by atoms with Crippen LogP contribution in [0, 0.1) is 5.41 Å². The van der Waals surface area contributed by atoms with E-state index in [0.717, 1.165) is 24.1 Å². The Balaban J connectivity index is 1.65. The lowest BCUT2D eigenvalue weighted by atomic mass is 9.80. The second kappa shape index (κ2) is 8.47. The van der Waals surface area contributed by atoms with Crippen molar-refractivity contribution in [2.24, 2.45) is 5.41 Å². The summed E-state index contributed by atoms with van der Waals surface area (Å²) in [5.74, 6) is 0.243. The fourth-order valence-corrected chi connectivity index (χ4v) is 4.46. The molecule has 0 unspecified atom stereocenters. The summed E-state index contributed by atoms with van der Waals surface area (Å²) in [5.41, 5.74) is 3.95. The lowest BCUT2D eigenvalue weighted by Gasteiger charge is -2.23. The molecule has 2 nitrogen and oxygen atoms in total. The first kappa shape index (κ1) is 20.4. The van der Waals surface area contributed by atoms with Gasteiger partial charge >= 0.3 is 0 Å². The van der Waals surface area contributed by atoms with Gasteiger partial charge in [-0.1, -0.05) is 82.9 Å². The van der Waals surface area contributed by atoms with Gasteiger partial charge in [-0.3, -0.25) is 4.79 Å². The number of fused-ring (bicyclic) bond motifs is 3. The SMILES string of the molecule is CCCCCCC(C)(C)C(=O)c1ccc(-n2c3ccccc3c3ccccc32)cc1. The van der Waals surface area contributed by atoms with Gasteiger partial charge in [0.15, 0.2) is 5.78 Å². The number of aromatic nitrogens is 1. The van der Waals surface area contributed by atoms with Crippen LogP contribution >= 0.6 is 0 Å². The second-order valence-corrected chi connectivity index (χ2v) is 8.94. The normalized spacial score (nSPS) is 12.0. The molecule has 4 aromatic rings. The Kier molecular flexibility index (Phi) is 5.76.